The van der Waals surface area contributed by atoms with Crippen LogP contribution in [0.2, 0.25) is 5.02 Å². The van der Waals surface area contributed by atoms with Crippen LogP contribution in [0.1, 0.15) is 6.92 Å². The van der Waals surface area contributed by atoms with Gasteiger partial charge in [-0.05, 0) is 25.1 Å². The first-order valence-electron chi connectivity index (χ1n) is 4.94. The second-order valence-electron chi connectivity index (χ2n) is 3.47. The van der Waals surface area contributed by atoms with Crippen LogP contribution in [0.25, 0.3) is 0 Å². The Kier molecular flexibility index (Phi) is 5.08. The van der Waals surface area contributed by atoms with E-state index in [1.807, 2.05) is 6.92 Å². The van der Waals surface area contributed by atoms with Crippen molar-refractivity contribution < 1.29 is 9.53 Å². The van der Waals surface area contributed by atoms with Crippen molar-refractivity contribution in [3.63, 3.8) is 0 Å². The van der Waals surface area contributed by atoms with Crippen molar-refractivity contribution in [3.05, 3.63) is 29.3 Å². The summed E-state index contributed by atoms with van der Waals surface area (Å²) in [4.78, 5) is 11.5. The Hall–Kier alpha value is -1.26. The molecule has 2 amide bonds. The topological polar surface area (TPSA) is 50.4 Å². The molecule has 1 atom stereocenters. The van der Waals surface area contributed by atoms with Crippen molar-refractivity contribution >= 4 is 23.3 Å². The van der Waals surface area contributed by atoms with Gasteiger partial charge in [-0.3, -0.25) is 0 Å². The zero-order chi connectivity index (χ0) is 12.0. The SMILES string of the molecule is COC[C@H](C)NC(=O)Nc1cccc(Cl)c1. The van der Waals surface area contributed by atoms with Gasteiger partial charge in [-0.1, -0.05) is 17.7 Å². The van der Waals surface area contributed by atoms with Crippen LogP contribution >= 0.6 is 11.6 Å². The molecule has 0 aromatic heterocycles. The van der Waals surface area contributed by atoms with E-state index < -0.39 is 0 Å². The summed E-state index contributed by atoms with van der Waals surface area (Å²) in [5, 5.41) is 6.00. The van der Waals surface area contributed by atoms with Crippen molar-refractivity contribution in [3.8, 4) is 0 Å². The Labute approximate surface area is 99.9 Å². The first-order valence-corrected chi connectivity index (χ1v) is 5.31. The molecule has 4 nitrogen and oxygen atoms in total. The van der Waals surface area contributed by atoms with E-state index in [1.54, 1.807) is 31.4 Å². The molecular formula is C11H15ClN2O2. The Morgan fingerprint density at radius 3 is 2.94 bits per heavy atom. The second kappa shape index (κ2) is 6.35. The van der Waals surface area contributed by atoms with Crippen LogP contribution in [0.15, 0.2) is 24.3 Å². The molecule has 16 heavy (non-hydrogen) atoms. The highest BCUT2D eigenvalue weighted by Gasteiger charge is 2.06. The first-order chi connectivity index (χ1) is 7.61. The van der Waals surface area contributed by atoms with Gasteiger partial charge in [0, 0.05) is 17.8 Å². The van der Waals surface area contributed by atoms with Gasteiger partial charge in [-0.25, -0.2) is 4.79 Å². The van der Waals surface area contributed by atoms with E-state index in [0.29, 0.717) is 17.3 Å². The zero-order valence-corrected chi connectivity index (χ0v) is 10.0. The first kappa shape index (κ1) is 12.8. The minimum atomic E-state index is -0.271. The molecule has 2 N–H and O–H groups in total. The molecule has 0 saturated carbocycles. The summed E-state index contributed by atoms with van der Waals surface area (Å²) in [7, 11) is 1.59. The number of hydrogen-bond donors (Lipinski definition) is 2. The molecule has 0 bridgehead atoms. The van der Waals surface area contributed by atoms with Crippen LogP contribution in [0, 0.1) is 0 Å². The molecule has 5 heteroatoms. The molecule has 0 spiro atoms. The lowest BCUT2D eigenvalue weighted by Crippen LogP contribution is -2.38. The van der Waals surface area contributed by atoms with E-state index in [-0.39, 0.29) is 12.1 Å². The van der Waals surface area contributed by atoms with Gasteiger partial charge < -0.3 is 15.4 Å². The van der Waals surface area contributed by atoms with Crippen molar-refractivity contribution in [2.75, 3.05) is 19.0 Å². The minimum Gasteiger partial charge on any atom is -0.383 e. The molecule has 0 aliphatic rings. The third-order valence-corrected chi connectivity index (χ3v) is 2.11. The smallest absolute Gasteiger partial charge is 0.319 e. The van der Waals surface area contributed by atoms with Crippen LogP contribution < -0.4 is 10.6 Å². The van der Waals surface area contributed by atoms with E-state index in [4.69, 9.17) is 16.3 Å². The van der Waals surface area contributed by atoms with E-state index in [1.165, 1.54) is 0 Å². The van der Waals surface area contributed by atoms with E-state index in [9.17, 15) is 4.79 Å². The van der Waals surface area contributed by atoms with E-state index in [2.05, 4.69) is 10.6 Å². The van der Waals surface area contributed by atoms with Crippen LogP contribution in [-0.4, -0.2) is 25.8 Å². The standard InChI is InChI=1S/C11H15ClN2O2/c1-8(7-16-2)13-11(15)14-10-5-3-4-9(12)6-10/h3-6,8H,7H2,1-2H3,(H2,13,14,15)/t8-/m0/s1. The van der Waals surface area contributed by atoms with E-state index in [0.717, 1.165) is 0 Å². The number of carbonyl (C=O) groups is 1. The highest BCUT2D eigenvalue weighted by molar-refractivity contribution is 6.30. The number of anilines is 1. The predicted molar refractivity (Wildman–Crippen MR) is 64.9 cm³/mol. The molecule has 1 aromatic rings. The van der Waals surface area contributed by atoms with Gasteiger partial charge in [0.2, 0.25) is 0 Å². The summed E-state index contributed by atoms with van der Waals surface area (Å²) in [6.45, 7) is 2.34. The number of benzene rings is 1. The van der Waals surface area contributed by atoms with Gasteiger partial charge in [-0.15, -0.1) is 0 Å². The predicted octanol–water partition coefficient (Wildman–Crippen LogP) is 2.50. The largest absolute Gasteiger partial charge is 0.383 e. The summed E-state index contributed by atoms with van der Waals surface area (Å²) >= 11 is 5.79. The summed E-state index contributed by atoms with van der Waals surface area (Å²) < 4.78 is 4.91. The van der Waals surface area contributed by atoms with Crippen LogP contribution in [0.3, 0.4) is 0 Å². The average Bonchev–Trinajstić information content (AvgIpc) is 2.17. The number of methoxy groups -OCH3 is 1. The molecule has 0 unspecified atom stereocenters. The lowest BCUT2D eigenvalue weighted by atomic mass is 10.3. The van der Waals surface area contributed by atoms with Crippen molar-refractivity contribution in [1.82, 2.24) is 5.32 Å². The van der Waals surface area contributed by atoms with Gasteiger partial charge in [0.15, 0.2) is 0 Å². The van der Waals surface area contributed by atoms with Gasteiger partial charge in [-0.2, -0.15) is 0 Å². The Morgan fingerprint density at radius 1 is 1.56 bits per heavy atom. The van der Waals surface area contributed by atoms with Gasteiger partial charge in [0.05, 0.1) is 12.6 Å². The Morgan fingerprint density at radius 2 is 2.31 bits per heavy atom. The summed E-state index contributed by atoms with van der Waals surface area (Å²) in [5.41, 5.74) is 0.662. The average molecular weight is 243 g/mol. The number of rotatable bonds is 4. The number of hydrogen-bond acceptors (Lipinski definition) is 2. The van der Waals surface area contributed by atoms with Crippen molar-refractivity contribution in [2.45, 2.75) is 13.0 Å². The fourth-order valence-electron chi connectivity index (χ4n) is 1.25. The zero-order valence-electron chi connectivity index (χ0n) is 9.29. The number of urea groups is 1. The molecule has 88 valence electrons. The fraction of sp³-hybridized carbons (Fsp3) is 0.364. The lowest BCUT2D eigenvalue weighted by Gasteiger charge is -2.13. The van der Waals surface area contributed by atoms with E-state index >= 15 is 0 Å². The van der Waals surface area contributed by atoms with Crippen LogP contribution in [0.5, 0.6) is 0 Å². The molecule has 0 aliphatic heterocycles. The van der Waals surface area contributed by atoms with Crippen LogP contribution in [0.4, 0.5) is 10.5 Å². The van der Waals surface area contributed by atoms with Crippen molar-refractivity contribution in [2.24, 2.45) is 0 Å². The number of halogens is 1. The van der Waals surface area contributed by atoms with Gasteiger partial charge in [0.25, 0.3) is 0 Å². The number of ether oxygens (including phenoxy) is 1. The molecule has 1 rings (SSSR count). The Balaban J connectivity index is 2.45. The highest BCUT2D eigenvalue weighted by Crippen LogP contribution is 2.14. The van der Waals surface area contributed by atoms with Crippen molar-refractivity contribution in [1.29, 1.82) is 0 Å². The summed E-state index contributed by atoms with van der Waals surface area (Å²) in [6, 6.07) is 6.67. The fourth-order valence-corrected chi connectivity index (χ4v) is 1.44. The molecule has 0 radical (unpaired) electrons. The quantitative estimate of drug-likeness (QED) is 0.852. The molecule has 0 saturated heterocycles. The Bertz CT molecular complexity index is 358. The molecular weight excluding hydrogens is 228 g/mol. The molecule has 0 aliphatic carbocycles. The lowest BCUT2D eigenvalue weighted by molar-refractivity contribution is 0.173. The van der Waals surface area contributed by atoms with Gasteiger partial charge in [0.1, 0.15) is 0 Å². The normalized spacial score (nSPS) is 11.9. The summed E-state index contributed by atoms with van der Waals surface area (Å²) in [5.74, 6) is 0. The number of amides is 2. The number of carbonyl (C=O) groups excluding carboxylic acids is 1. The molecule has 0 heterocycles. The second-order valence-corrected chi connectivity index (χ2v) is 3.90. The van der Waals surface area contributed by atoms with Gasteiger partial charge >= 0.3 is 6.03 Å². The summed E-state index contributed by atoms with van der Waals surface area (Å²) in [6.07, 6.45) is 0. The minimum absolute atomic E-state index is 0.0378. The third kappa shape index (κ3) is 4.51. The third-order valence-electron chi connectivity index (χ3n) is 1.88. The maximum absolute atomic E-state index is 11.5. The van der Waals surface area contributed by atoms with Crippen LogP contribution in [-0.2, 0) is 4.74 Å². The highest BCUT2D eigenvalue weighted by atomic mass is 35.5. The molecule has 0 fully saturated rings. The maximum Gasteiger partial charge on any atom is 0.319 e. The maximum atomic E-state index is 11.5. The molecule has 1 aromatic carbocycles. The monoisotopic (exact) mass is 242 g/mol. The number of nitrogens with one attached hydrogen (secondary N) is 2.